The van der Waals surface area contributed by atoms with Crippen molar-refractivity contribution in [1.82, 2.24) is 4.31 Å². The smallest absolute Gasteiger partial charge is 0.207 e. The van der Waals surface area contributed by atoms with Gasteiger partial charge in [0.1, 0.15) is 0 Å². The average Bonchev–Trinajstić information content (AvgIpc) is 2.65. The Labute approximate surface area is 138 Å². The molecule has 3 nitrogen and oxygen atoms in total. The van der Waals surface area contributed by atoms with Crippen molar-refractivity contribution in [2.45, 2.75) is 31.2 Å². The lowest BCUT2D eigenvalue weighted by atomic mass is 10.0. The summed E-state index contributed by atoms with van der Waals surface area (Å²) in [6.45, 7) is 2.53. The Morgan fingerprint density at radius 3 is 2.39 bits per heavy atom. The van der Waals surface area contributed by atoms with E-state index in [1.807, 2.05) is 37.3 Å². The van der Waals surface area contributed by atoms with Crippen molar-refractivity contribution >= 4 is 10.0 Å². The fourth-order valence-corrected chi connectivity index (χ4v) is 3.98. The minimum Gasteiger partial charge on any atom is -0.207 e. The van der Waals surface area contributed by atoms with Crippen LogP contribution < -0.4 is 0 Å². The van der Waals surface area contributed by atoms with Crippen molar-refractivity contribution in [2.75, 3.05) is 6.54 Å². The molecule has 0 unspecified atom stereocenters. The summed E-state index contributed by atoms with van der Waals surface area (Å²) in [5, 5.41) is 0. The van der Waals surface area contributed by atoms with Crippen LogP contribution >= 0.6 is 0 Å². The van der Waals surface area contributed by atoms with Crippen molar-refractivity contribution in [3.63, 3.8) is 0 Å². The summed E-state index contributed by atoms with van der Waals surface area (Å²) < 4.78 is 27.4. The highest BCUT2D eigenvalue weighted by Gasteiger charge is 2.25. The van der Waals surface area contributed by atoms with Gasteiger partial charge in [-0.1, -0.05) is 47.9 Å². The summed E-state index contributed by atoms with van der Waals surface area (Å²) in [6.07, 6.45) is 1.62. The van der Waals surface area contributed by atoms with E-state index in [4.69, 9.17) is 0 Å². The lowest BCUT2D eigenvalue weighted by Crippen LogP contribution is -2.31. The molecule has 0 saturated heterocycles. The quantitative estimate of drug-likeness (QED) is 0.796. The van der Waals surface area contributed by atoms with E-state index in [1.165, 1.54) is 9.87 Å². The molecule has 0 aromatic heterocycles. The molecule has 0 N–H and O–H groups in total. The molecule has 118 valence electrons. The molecule has 0 spiro atoms. The molecule has 0 radical (unpaired) electrons. The van der Waals surface area contributed by atoms with E-state index < -0.39 is 10.0 Å². The van der Waals surface area contributed by atoms with Gasteiger partial charge in [-0.25, -0.2) is 8.42 Å². The lowest BCUT2D eigenvalue weighted by molar-refractivity contribution is 0.442. The van der Waals surface area contributed by atoms with Crippen LogP contribution in [0, 0.1) is 18.8 Å². The fourth-order valence-electron chi connectivity index (χ4n) is 2.66. The molecule has 3 rings (SSSR count). The molecule has 1 aliphatic rings. The third-order valence-corrected chi connectivity index (χ3v) is 5.83. The normalized spacial score (nSPS) is 15.5. The zero-order chi connectivity index (χ0) is 16.3. The van der Waals surface area contributed by atoms with E-state index in [2.05, 4.69) is 17.9 Å². The average molecular weight is 325 g/mol. The zero-order valence-electron chi connectivity index (χ0n) is 13.1. The van der Waals surface area contributed by atoms with Gasteiger partial charge in [0.25, 0.3) is 0 Å². The Hall–Kier alpha value is -2.09. The Balaban J connectivity index is 1.99. The van der Waals surface area contributed by atoms with Gasteiger partial charge in [0.2, 0.25) is 10.0 Å². The second kappa shape index (κ2) is 6.57. The van der Waals surface area contributed by atoms with E-state index in [0.717, 1.165) is 24.0 Å². The summed E-state index contributed by atoms with van der Waals surface area (Å²) >= 11 is 0. The maximum atomic E-state index is 12.9. The van der Waals surface area contributed by atoms with Crippen LogP contribution in [0.4, 0.5) is 0 Å². The second-order valence-corrected chi connectivity index (χ2v) is 7.65. The molecule has 1 heterocycles. The summed E-state index contributed by atoms with van der Waals surface area (Å²) in [5.41, 5.74) is 3.26. The first-order chi connectivity index (χ1) is 11.1. The summed E-state index contributed by atoms with van der Waals surface area (Å²) in [4.78, 5) is 0.321. The maximum Gasteiger partial charge on any atom is 0.244 e. The third kappa shape index (κ3) is 3.47. The Morgan fingerprint density at radius 2 is 1.65 bits per heavy atom. The lowest BCUT2D eigenvalue weighted by Gasteiger charge is -2.21. The Bertz CT molecular complexity index is 858. The molecule has 1 aliphatic heterocycles. The maximum absolute atomic E-state index is 12.9. The van der Waals surface area contributed by atoms with E-state index in [0.29, 0.717) is 11.4 Å². The van der Waals surface area contributed by atoms with Crippen LogP contribution in [0.15, 0.2) is 53.4 Å². The second-order valence-electron chi connectivity index (χ2n) is 5.71. The van der Waals surface area contributed by atoms with Gasteiger partial charge in [-0.3, -0.25) is 0 Å². The van der Waals surface area contributed by atoms with Gasteiger partial charge >= 0.3 is 0 Å². The van der Waals surface area contributed by atoms with Crippen LogP contribution in [0.25, 0.3) is 0 Å². The number of hydrogen-bond acceptors (Lipinski definition) is 2. The zero-order valence-corrected chi connectivity index (χ0v) is 13.9. The van der Waals surface area contributed by atoms with Gasteiger partial charge in [0, 0.05) is 13.0 Å². The highest BCUT2D eigenvalue weighted by Crippen LogP contribution is 2.21. The topological polar surface area (TPSA) is 37.4 Å². The van der Waals surface area contributed by atoms with Gasteiger partial charge in [0.05, 0.1) is 11.4 Å². The van der Waals surface area contributed by atoms with Crippen molar-refractivity contribution < 1.29 is 8.42 Å². The molecule has 2 aromatic carbocycles. The molecule has 23 heavy (non-hydrogen) atoms. The van der Waals surface area contributed by atoms with Crippen LogP contribution in [0.2, 0.25) is 0 Å². The number of sulfonamides is 1. The Morgan fingerprint density at radius 1 is 0.957 bits per heavy atom. The molecule has 0 atom stereocenters. The molecular weight excluding hydrogens is 306 g/mol. The van der Waals surface area contributed by atoms with Gasteiger partial charge in [-0.05, 0) is 36.6 Å². The standard InChI is InChI=1S/C19H19NO2S/c1-16-10-12-19(13-11-16)23(21,22)20-14-6-2-3-7-17-8-4-5-9-18(17)15-20/h4-5,8-13H,3,7,14-15H2,1H3. The molecular formula is C19H19NO2S. The van der Waals surface area contributed by atoms with E-state index in [1.54, 1.807) is 12.1 Å². The van der Waals surface area contributed by atoms with Crippen molar-refractivity contribution in [3.8, 4) is 11.8 Å². The minimum atomic E-state index is -3.55. The van der Waals surface area contributed by atoms with Crippen LogP contribution in [0.5, 0.6) is 0 Å². The summed E-state index contributed by atoms with van der Waals surface area (Å²) in [6, 6.07) is 15.0. The monoisotopic (exact) mass is 325 g/mol. The molecule has 0 aliphatic carbocycles. The number of fused-ring (bicyclic) bond motifs is 1. The number of nitrogens with zero attached hydrogens (tertiary/aromatic N) is 1. The van der Waals surface area contributed by atoms with Gasteiger partial charge in [-0.15, -0.1) is 5.92 Å². The number of aryl methyl sites for hydroxylation is 2. The molecule has 0 bridgehead atoms. The SMILES string of the molecule is Cc1ccc(S(=O)(=O)N2CC#CCCc3ccccc3C2)cc1. The number of rotatable bonds is 2. The number of hydrogen-bond donors (Lipinski definition) is 0. The molecule has 0 fully saturated rings. The molecule has 0 amide bonds. The van der Waals surface area contributed by atoms with Crippen LogP contribution in [-0.2, 0) is 23.0 Å². The van der Waals surface area contributed by atoms with Crippen LogP contribution in [-0.4, -0.2) is 19.3 Å². The highest BCUT2D eigenvalue weighted by atomic mass is 32.2. The van der Waals surface area contributed by atoms with E-state index in [9.17, 15) is 8.42 Å². The third-order valence-electron chi connectivity index (χ3n) is 4.02. The van der Waals surface area contributed by atoms with Crippen molar-refractivity contribution in [2.24, 2.45) is 0 Å². The minimum absolute atomic E-state index is 0.227. The van der Waals surface area contributed by atoms with E-state index in [-0.39, 0.29) is 6.54 Å². The predicted molar refractivity (Wildman–Crippen MR) is 91.3 cm³/mol. The van der Waals surface area contributed by atoms with Crippen LogP contribution in [0.3, 0.4) is 0 Å². The van der Waals surface area contributed by atoms with Crippen LogP contribution in [0.1, 0.15) is 23.1 Å². The molecule has 4 heteroatoms. The first-order valence-electron chi connectivity index (χ1n) is 7.67. The molecule has 2 aromatic rings. The summed E-state index contributed by atoms with van der Waals surface area (Å²) in [5.74, 6) is 6.07. The molecule has 0 saturated carbocycles. The Kier molecular flexibility index (Phi) is 4.51. The van der Waals surface area contributed by atoms with Gasteiger partial charge in [-0.2, -0.15) is 4.31 Å². The van der Waals surface area contributed by atoms with Gasteiger partial charge < -0.3 is 0 Å². The van der Waals surface area contributed by atoms with Gasteiger partial charge in [0.15, 0.2) is 0 Å². The van der Waals surface area contributed by atoms with Crippen molar-refractivity contribution in [3.05, 3.63) is 65.2 Å². The van der Waals surface area contributed by atoms with E-state index >= 15 is 0 Å². The largest absolute Gasteiger partial charge is 0.244 e. The predicted octanol–water partition coefficient (Wildman–Crippen LogP) is 3.14. The first-order valence-corrected chi connectivity index (χ1v) is 9.11. The number of benzene rings is 2. The van der Waals surface area contributed by atoms with Crippen molar-refractivity contribution in [1.29, 1.82) is 0 Å². The highest BCUT2D eigenvalue weighted by molar-refractivity contribution is 7.89. The summed E-state index contributed by atoms with van der Waals surface area (Å²) in [7, 11) is -3.55. The first kappa shape index (κ1) is 15.8. The fraction of sp³-hybridized carbons (Fsp3) is 0.263.